The third-order valence-corrected chi connectivity index (χ3v) is 5.30. The van der Waals surface area contributed by atoms with Gasteiger partial charge in [-0.25, -0.2) is 0 Å². The molecule has 2 aliphatic heterocycles. The van der Waals surface area contributed by atoms with Gasteiger partial charge in [-0.15, -0.1) is 0 Å². The lowest BCUT2D eigenvalue weighted by Gasteiger charge is -2.39. The van der Waals surface area contributed by atoms with Gasteiger partial charge < -0.3 is 14.8 Å². The van der Waals surface area contributed by atoms with E-state index in [0.29, 0.717) is 23.3 Å². The van der Waals surface area contributed by atoms with E-state index in [2.05, 4.69) is 5.32 Å². The summed E-state index contributed by atoms with van der Waals surface area (Å²) in [5.41, 5.74) is 0.876. The number of hydrogen-bond donors (Lipinski definition) is 1. The Hall–Kier alpha value is -1.10. The summed E-state index contributed by atoms with van der Waals surface area (Å²) >= 11 is 6.15. The largest absolute Gasteiger partial charge is 0.381 e. The summed E-state index contributed by atoms with van der Waals surface area (Å²) in [5.74, 6) is 1.01. The zero-order valence-electron chi connectivity index (χ0n) is 13.3. The first-order valence-electron chi connectivity index (χ1n) is 8.42. The Labute approximate surface area is 142 Å². The number of carbonyl (C=O) groups excluding carboxylic acids is 1. The fourth-order valence-corrected chi connectivity index (χ4v) is 3.82. The van der Waals surface area contributed by atoms with E-state index in [1.54, 1.807) is 0 Å². The average molecular weight is 338 g/mol. The molecule has 0 aliphatic carbocycles. The average Bonchev–Trinajstić information content (AvgIpc) is 2.58. The molecule has 1 amide bonds. The molecule has 2 aliphatic rings. The Kier molecular flexibility index (Phi) is 5.92. The summed E-state index contributed by atoms with van der Waals surface area (Å²) in [5, 5.41) is 3.87. The molecule has 0 bridgehead atoms. The van der Waals surface area contributed by atoms with Gasteiger partial charge in [0.05, 0.1) is 13.0 Å². The van der Waals surface area contributed by atoms with Crippen molar-refractivity contribution in [2.45, 2.75) is 31.7 Å². The predicted octanol–water partition coefficient (Wildman–Crippen LogP) is 2.83. The van der Waals surface area contributed by atoms with E-state index < -0.39 is 0 Å². The molecule has 4 nitrogen and oxygen atoms in total. The molecule has 0 saturated carbocycles. The molecule has 3 rings (SSSR count). The molecular formula is C18H24ClNO3. The second-order valence-electron chi connectivity index (χ2n) is 6.42. The number of benzene rings is 1. The van der Waals surface area contributed by atoms with Crippen LogP contribution in [0.4, 0.5) is 0 Å². The Balaban J connectivity index is 1.60. The Morgan fingerprint density at radius 3 is 2.65 bits per heavy atom. The Bertz CT molecular complexity index is 531. The van der Waals surface area contributed by atoms with Crippen LogP contribution < -0.4 is 5.32 Å². The predicted molar refractivity (Wildman–Crippen MR) is 89.6 cm³/mol. The van der Waals surface area contributed by atoms with Crippen LogP contribution in [-0.4, -0.2) is 38.4 Å². The van der Waals surface area contributed by atoms with E-state index in [1.165, 1.54) is 0 Å². The van der Waals surface area contributed by atoms with E-state index in [0.717, 1.165) is 51.3 Å². The van der Waals surface area contributed by atoms with Crippen LogP contribution in [0, 0.1) is 11.8 Å². The Morgan fingerprint density at radius 2 is 1.87 bits per heavy atom. The van der Waals surface area contributed by atoms with Crippen molar-refractivity contribution in [1.29, 1.82) is 0 Å². The molecular weight excluding hydrogens is 314 g/mol. The highest BCUT2D eigenvalue weighted by Gasteiger charge is 2.34. The Morgan fingerprint density at radius 1 is 1.13 bits per heavy atom. The van der Waals surface area contributed by atoms with Crippen LogP contribution in [-0.2, 0) is 20.7 Å². The maximum Gasteiger partial charge on any atom is 0.224 e. The smallest absolute Gasteiger partial charge is 0.224 e. The molecule has 2 fully saturated rings. The van der Waals surface area contributed by atoms with Crippen molar-refractivity contribution in [1.82, 2.24) is 5.32 Å². The van der Waals surface area contributed by atoms with Crippen molar-refractivity contribution >= 4 is 17.5 Å². The van der Waals surface area contributed by atoms with Crippen molar-refractivity contribution < 1.29 is 14.3 Å². The number of nitrogens with one attached hydrogen (secondary N) is 1. The topological polar surface area (TPSA) is 47.6 Å². The van der Waals surface area contributed by atoms with E-state index in [4.69, 9.17) is 21.1 Å². The summed E-state index contributed by atoms with van der Waals surface area (Å²) < 4.78 is 11.1. The van der Waals surface area contributed by atoms with Crippen molar-refractivity contribution in [3.63, 3.8) is 0 Å². The number of amides is 1. The second kappa shape index (κ2) is 8.13. The van der Waals surface area contributed by atoms with Crippen LogP contribution in [0.5, 0.6) is 0 Å². The zero-order valence-corrected chi connectivity index (χ0v) is 14.1. The third kappa shape index (κ3) is 4.46. The first-order chi connectivity index (χ1) is 11.2. The lowest BCUT2D eigenvalue weighted by Crippen LogP contribution is -2.49. The van der Waals surface area contributed by atoms with Crippen LogP contribution >= 0.6 is 11.6 Å². The fraction of sp³-hybridized carbons (Fsp3) is 0.611. The summed E-state index contributed by atoms with van der Waals surface area (Å²) in [7, 11) is 0. The SMILES string of the molecule is O=C(Cc1ccccc1Cl)N[C@@H]1CCOC[C@@H]1C1CCOCC1. The lowest BCUT2D eigenvalue weighted by atomic mass is 9.79. The first kappa shape index (κ1) is 16.7. The van der Waals surface area contributed by atoms with Crippen molar-refractivity contribution in [2.24, 2.45) is 11.8 Å². The molecule has 0 unspecified atom stereocenters. The second-order valence-corrected chi connectivity index (χ2v) is 6.83. The van der Waals surface area contributed by atoms with E-state index in [9.17, 15) is 4.79 Å². The normalized spacial score (nSPS) is 26.0. The summed E-state index contributed by atoms with van der Waals surface area (Å²) in [4.78, 5) is 12.4. The third-order valence-electron chi connectivity index (χ3n) is 4.93. The lowest BCUT2D eigenvalue weighted by molar-refractivity contribution is -0.123. The number of hydrogen-bond acceptors (Lipinski definition) is 3. The molecule has 0 radical (unpaired) electrons. The van der Waals surface area contributed by atoms with Crippen LogP contribution in [0.25, 0.3) is 0 Å². The minimum absolute atomic E-state index is 0.0436. The summed E-state index contributed by atoms with van der Waals surface area (Å²) in [6, 6.07) is 7.71. The quantitative estimate of drug-likeness (QED) is 0.919. The van der Waals surface area contributed by atoms with Gasteiger partial charge in [0.25, 0.3) is 0 Å². The number of carbonyl (C=O) groups is 1. The zero-order chi connectivity index (χ0) is 16.1. The van der Waals surface area contributed by atoms with Gasteiger partial charge >= 0.3 is 0 Å². The van der Waals surface area contributed by atoms with Crippen LogP contribution in [0.15, 0.2) is 24.3 Å². The van der Waals surface area contributed by atoms with E-state index in [1.807, 2.05) is 24.3 Å². The fourth-order valence-electron chi connectivity index (χ4n) is 3.62. The molecule has 126 valence electrons. The summed E-state index contributed by atoms with van der Waals surface area (Å²) in [6.45, 7) is 3.10. The van der Waals surface area contributed by atoms with Crippen LogP contribution in [0.1, 0.15) is 24.8 Å². The molecule has 2 atom stereocenters. The minimum atomic E-state index is 0.0436. The maximum atomic E-state index is 12.4. The van der Waals surface area contributed by atoms with Crippen molar-refractivity contribution in [3.05, 3.63) is 34.9 Å². The van der Waals surface area contributed by atoms with Gasteiger partial charge in [0.1, 0.15) is 0 Å². The number of rotatable bonds is 4. The van der Waals surface area contributed by atoms with Gasteiger partial charge in [-0.1, -0.05) is 29.8 Å². The van der Waals surface area contributed by atoms with Crippen molar-refractivity contribution in [2.75, 3.05) is 26.4 Å². The molecule has 2 saturated heterocycles. The molecule has 0 spiro atoms. The van der Waals surface area contributed by atoms with Gasteiger partial charge in [0, 0.05) is 36.8 Å². The highest BCUT2D eigenvalue weighted by atomic mass is 35.5. The van der Waals surface area contributed by atoms with Gasteiger partial charge in [0.2, 0.25) is 5.91 Å². The minimum Gasteiger partial charge on any atom is -0.381 e. The summed E-state index contributed by atoms with van der Waals surface area (Å²) in [6.07, 6.45) is 3.34. The van der Waals surface area contributed by atoms with Gasteiger partial charge in [-0.2, -0.15) is 0 Å². The molecule has 1 aromatic carbocycles. The molecule has 1 aromatic rings. The molecule has 5 heteroatoms. The van der Waals surface area contributed by atoms with Crippen LogP contribution in [0.2, 0.25) is 5.02 Å². The molecule has 1 N–H and O–H groups in total. The first-order valence-corrected chi connectivity index (χ1v) is 8.80. The standard InChI is InChI=1S/C18H24ClNO3/c19-16-4-2-1-3-14(16)11-18(21)20-17-7-10-23-12-15(17)13-5-8-22-9-6-13/h1-4,13,15,17H,5-12H2,(H,20,21)/t15-,17-/m1/s1. The van der Waals surface area contributed by atoms with E-state index >= 15 is 0 Å². The van der Waals surface area contributed by atoms with Gasteiger partial charge in [-0.05, 0) is 36.8 Å². The molecule has 2 heterocycles. The number of ether oxygens (including phenoxy) is 2. The maximum absolute atomic E-state index is 12.4. The van der Waals surface area contributed by atoms with Gasteiger partial charge in [0.15, 0.2) is 0 Å². The monoisotopic (exact) mass is 337 g/mol. The molecule has 23 heavy (non-hydrogen) atoms. The number of halogens is 1. The van der Waals surface area contributed by atoms with E-state index in [-0.39, 0.29) is 11.9 Å². The molecule has 0 aromatic heterocycles. The highest BCUT2D eigenvalue weighted by molar-refractivity contribution is 6.31. The van der Waals surface area contributed by atoms with Gasteiger partial charge in [-0.3, -0.25) is 4.79 Å². The van der Waals surface area contributed by atoms with Crippen molar-refractivity contribution in [3.8, 4) is 0 Å². The van der Waals surface area contributed by atoms with Crippen LogP contribution in [0.3, 0.4) is 0 Å². The highest BCUT2D eigenvalue weighted by Crippen LogP contribution is 2.30.